The van der Waals surface area contributed by atoms with Crippen molar-refractivity contribution in [2.24, 2.45) is 0 Å². The fraction of sp³-hybridized carbons (Fsp3) is 0.167. The van der Waals surface area contributed by atoms with Crippen molar-refractivity contribution in [3.63, 3.8) is 0 Å². The van der Waals surface area contributed by atoms with Gasteiger partial charge in [-0.05, 0) is 138 Å². The number of fused-ring (bicyclic) bond motifs is 2. The maximum Gasteiger partial charge on any atom is 0.334 e. The summed E-state index contributed by atoms with van der Waals surface area (Å²) in [5.41, 5.74) is 3.79. The summed E-state index contributed by atoms with van der Waals surface area (Å²) < 4.78 is 40.1. The van der Waals surface area contributed by atoms with E-state index in [2.05, 4.69) is 9.97 Å². The molecule has 0 radical (unpaired) electrons. The minimum Gasteiger partial charge on any atom is -0.457 e. The molecule has 2 aliphatic heterocycles. The summed E-state index contributed by atoms with van der Waals surface area (Å²) in [5, 5.41) is 2.17. The highest BCUT2D eigenvalue weighted by atomic mass is 16.5. The molecule has 11 aromatic rings. The highest BCUT2D eigenvalue weighted by molar-refractivity contribution is 6.45. The number of hydrogen-bond donors (Lipinski definition) is 0. The van der Waals surface area contributed by atoms with Crippen LogP contribution in [0.25, 0.3) is 43.1 Å². The first-order chi connectivity index (χ1) is 42.7. The van der Waals surface area contributed by atoms with Gasteiger partial charge in [-0.15, -0.1) is 0 Å². The standard InChI is InChI=1S/C72H56N4O12/c1-7-9-53(71(81)87-47-27-31-73-32-28-47)75-67(77)49-35-55(83-43-19-11-39(3)12-20-43)61-63-57(85-45-23-15-41(5)16-24-45)37-51-60-52(70(80)76(69(51)79)54(10-8-2)72(82)88-48-29-33-74-34-30-48)38-58(86-46-25-17-42(6)18-26-46)64(66(60)63)62-56(84-44-21-13-40(4)14-22-44)36-50(68(75)78)59(49)65(61)62/h11-38,53-54H,7-10H2,1-6H3. The molecule has 2 aromatic heterocycles. The number of nitrogens with zero attached hydrogens (tertiary/aromatic N) is 4. The van der Waals surface area contributed by atoms with Crippen LogP contribution < -0.4 is 28.4 Å². The Labute approximate surface area is 505 Å². The van der Waals surface area contributed by atoms with E-state index in [-0.39, 0.29) is 80.4 Å². The van der Waals surface area contributed by atoms with Gasteiger partial charge in [0, 0.05) is 67.9 Å². The maximum absolute atomic E-state index is 15.9. The van der Waals surface area contributed by atoms with Crippen molar-refractivity contribution in [3.8, 4) is 57.5 Å². The first kappa shape index (κ1) is 56.1. The summed E-state index contributed by atoms with van der Waals surface area (Å²) in [6.07, 6.45) is 6.73. The van der Waals surface area contributed by atoms with Crippen LogP contribution in [0.3, 0.4) is 0 Å². The first-order valence-electron chi connectivity index (χ1n) is 29.0. The van der Waals surface area contributed by atoms with Crippen LogP contribution in [-0.4, -0.2) is 67.4 Å². The molecule has 2 aliphatic rings. The van der Waals surface area contributed by atoms with Gasteiger partial charge in [-0.1, -0.05) is 97.5 Å². The summed E-state index contributed by atoms with van der Waals surface area (Å²) in [5.74, 6) is -2.70. The Bertz CT molecular complexity index is 4110. The zero-order chi connectivity index (χ0) is 61.1. The van der Waals surface area contributed by atoms with Crippen LogP contribution in [-0.2, 0) is 9.59 Å². The van der Waals surface area contributed by atoms with Gasteiger partial charge in [0.1, 0.15) is 69.6 Å². The van der Waals surface area contributed by atoms with Crippen LogP contribution in [0.2, 0.25) is 0 Å². The highest BCUT2D eigenvalue weighted by Gasteiger charge is 2.47. The lowest BCUT2D eigenvalue weighted by Gasteiger charge is -2.35. The number of aromatic nitrogens is 2. The quantitative estimate of drug-likeness (QED) is 0.0341. The van der Waals surface area contributed by atoms with E-state index in [9.17, 15) is 9.59 Å². The summed E-state index contributed by atoms with van der Waals surface area (Å²) in [6.45, 7) is 11.4. The second-order valence-corrected chi connectivity index (χ2v) is 22.1. The van der Waals surface area contributed by atoms with Crippen LogP contribution in [0.15, 0.2) is 170 Å². The Morgan fingerprint density at radius 3 is 0.841 bits per heavy atom. The molecule has 16 nitrogen and oxygen atoms in total. The predicted octanol–water partition coefficient (Wildman–Crippen LogP) is 15.7. The van der Waals surface area contributed by atoms with Gasteiger partial charge in [-0.2, -0.15) is 0 Å². The Morgan fingerprint density at radius 2 is 0.602 bits per heavy atom. The third kappa shape index (κ3) is 9.97. The van der Waals surface area contributed by atoms with Crippen molar-refractivity contribution in [3.05, 3.63) is 215 Å². The number of amides is 4. The number of carbonyl (C=O) groups is 6. The lowest BCUT2D eigenvalue weighted by Crippen LogP contribution is -2.51. The molecular weight excluding hydrogens is 1110 g/mol. The number of hydrogen-bond acceptors (Lipinski definition) is 14. The van der Waals surface area contributed by atoms with Gasteiger partial charge in [0.25, 0.3) is 23.6 Å². The highest BCUT2D eigenvalue weighted by Crippen LogP contribution is 2.58. The number of rotatable bonds is 18. The number of imide groups is 2. The van der Waals surface area contributed by atoms with Crippen molar-refractivity contribution in [2.45, 2.75) is 79.3 Å². The third-order valence-corrected chi connectivity index (χ3v) is 16.0. The van der Waals surface area contributed by atoms with Crippen molar-refractivity contribution < 1.29 is 57.2 Å². The monoisotopic (exact) mass is 1170 g/mol. The number of aryl methyl sites for hydroxylation is 4. The molecule has 4 heterocycles. The molecule has 0 fully saturated rings. The molecule has 0 saturated heterocycles. The van der Waals surface area contributed by atoms with E-state index in [4.69, 9.17) is 28.4 Å². The van der Waals surface area contributed by atoms with E-state index in [1.165, 1.54) is 49.1 Å². The molecule has 0 bridgehead atoms. The van der Waals surface area contributed by atoms with E-state index in [0.717, 1.165) is 32.1 Å². The van der Waals surface area contributed by atoms with Crippen LogP contribution in [0.5, 0.6) is 57.5 Å². The number of benzene rings is 9. The van der Waals surface area contributed by atoms with Crippen LogP contribution >= 0.6 is 0 Å². The molecule has 0 aliphatic carbocycles. The predicted molar refractivity (Wildman–Crippen MR) is 331 cm³/mol. The van der Waals surface area contributed by atoms with Crippen LogP contribution in [0.1, 0.15) is 103 Å². The molecule has 0 spiro atoms. The molecule has 16 heteroatoms. The van der Waals surface area contributed by atoms with Gasteiger partial charge in [0.05, 0.1) is 22.3 Å². The Kier molecular flexibility index (Phi) is 14.5. The molecule has 0 saturated carbocycles. The fourth-order valence-corrected chi connectivity index (χ4v) is 11.8. The lowest BCUT2D eigenvalue weighted by molar-refractivity contribution is -0.139. The van der Waals surface area contributed by atoms with Crippen LogP contribution in [0, 0.1) is 27.7 Å². The molecule has 13 rings (SSSR count). The van der Waals surface area contributed by atoms with Gasteiger partial charge in [0.15, 0.2) is 0 Å². The molecule has 88 heavy (non-hydrogen) atoms. The number of esters is 2. The summed E-state index contributed by atoms with van der Waals surface area (Å²) in [6, 6.07) is 38.8. The summed E-state index contributed by atoms with van der Waals surface area (Å²) >= 11 is 0. The van der Waals surface area contributed by atoms with Gasteiger partial charge < -0.3 is 28.4 Å². The zero-order valence-electron chi connectivity index (χ0n) is 48.8. The second kappa shape index (κ2) is 22.8. The summed E-state index contributed by atoms with van der Waals surface area (Å²) in [4.78, 5) is 103. The zero-order valence-corrected chi connectivity index (χ0v) is 48.8. The molecular formula is C72H56N4O12. The smallest absolute Gasteiger partial charge is 0.334 e. The van der Waals surface area contributed by atoms with E-state index in [1.807, 2.05) is 90.1 Å². The Hall–Kier alpha value is -11.0. The molecule has 2 unspecified atom stereocenters. The summed E-state index contributed by atoms with van der Waals surface area (Å²) in [7, 11) is 0. The Balaban J connectivity index is 1.19. The SMILES string of the molecule is CCCC(C(=O)Oc1ccncc1)N1C(=O)c2cc(Oc3ccc(C)cc3)c3c4c(Oc5ccc(C)cc5)cc5c6c(cc(Oc7ccc(C)cc7)c(c7c(Oc8ccc(C)cc8)cc(c2c37)C1=O)c64)C(=O)N(C(CCC)C(=O)Oc1ccncc1)C5=O. The third-order valence-electron chi connectivity index (χ3n) is 16.0. The van der Waals surface area contributed by atoms with Gasteiger partial charge in [0.2, 0.25) is 0 Å². The van der Waals surface area contributed by atoms with Gasteiger partial charge in [-0.25, -0.2) is 9.59 Å². The minimum atomic E-state index is -1.40. The van der Waals surface area contributed by atoms with Crippen LogP contribution in [0.4, 0.5) is 0 Å². The topological polar surface area (TPSA) is 190 Å². The van der Waals surface area contributed by atoms with E-state index in [0.29, 0.717) is 68.2 Å². The maximum atomic E-state index is 15.9. The van der Waals surface area contributed by atoms with E-state index < -0.39 is 47.7 Å². The van der Waals surface area contributed by atoms with Crippen molar-refractivity contribution in [1.29, 1.82) is 0 Å². The van der Waals surface area contributed by atoms with Gasteiger partial charge >= 0.3 is 11.9 Å². The molecule has 2 atom stereocenters. The fourth-order valence-electron chi connectivity index (χ4n) is 11.8. The number of carbonyl (C=O) groups excluding carboxylic acids is 6. The number of ether oxygens (including phenoxy) is 6. The Morgan fingerprint density at radius 1 is 0.352 bits per heavy atom. The van der Waals surface area contributed by atoms with Crippen molar-refractivity contribution >= 4 is 78.7 Å². The number of pyridine rings is 2. The lowest BCUT2D eigenvalue weighted by atomic mass is 9.80. The largest absolute Gasteiger partial charge is 0.457 e. The average Bonchev–Trinajstić information content (AvgIpc) is 0.679. The molecule has 9 aromatic carbocycles. The average molecular weight is 1170 g/mol. The molecule has 436 valence electrons. The molecule has 0 N–H and O–H groups in total. The van der Waals surface area contributed by atoms with Gasteiger partial charge in [-0.3, -0.25) is 38.9 Å². The normalized spacial score (nSPS) is 13.6. The van der Waals surface area contributed by atoms with Crippen molar-refractivity contribution in [2.75, 3.05) is 0 Å². The first-order valence-corrected chi connectivity index (χ1v) is 29.0. The molecule has 4 amide bonds. The second-order valence-electron chi connectivity index (χ2n) is 22.1. The van der Waals surface area contributed by atoms with Crippen molar-refractivity contribution in [1.82, 2.24) is 19.8 Å². The minimum absolute atomic E-state index is 0.00841. The van der Waals surface area contributed by atoms with E-state index in [1.54, 1.807) is 72.8 Å². The van der Waals surface area contributed by atoms with E-state index >= 15 is 19.2 Å².